The highest BCUT2D eigenvalue weighted by Crippen LogP contribution is 2.23. The molecule has 0 aliphatic rings. The fourth-order valence-corrected chi connectivity index (χ4v) is 2.50. The van der Waals surface area contributed by atoms with Crippen LogP contribution in [0.1, 0.15) is 41.5 Å². The SMILES string of the molecule is CCOC(=O)Nc1ccccc1C(=O)Nc1ccc(Cl)c(C(=O)OC(C)C)c1. The fraction of sp³-hybridized carbons (Fsp3) is 0.250. The van der Waals surface area contributed by atoms with Crippen molar-refractivity contribution in [3.05, 3.63) is 58.6 Å². The van der Waals surface area contributed by atoms with E-state index < -0.39 is 18.0 Å². The third-order valence-corrected chi connectivity index (χ3v) is 3.80. The highest BCUT2D eigenvalue weighted by molar-refractivity contribution is 6.33. The van der Waals surface area contributed by atoms with Crippen molar-refractivity contribution in [3.8, 4) is 0 Å². The number of nitrogens with one attached hydrogen (secondary N) is 2. The molecule has 8 heteroatoms. The Bertz CT molecular complexity index is 883. The van der Waals surface area contributed by atoms with Crippen molar-refractivity contribution in [3.63, 3.8) is 0 Å². The number of halogens is 1. The Hall–Kier alpha value is -3.06. The van der Waals surface area contributed by atoms with Gasteiger partial charge < -0.3 is 14.8 Å². The Balaban J connectivity index is 2.22. The molecule has 0 spiro atoms. The third kappa shape index (κ3) is 5.72. The van der Waals surface area contributed by atoms with Gasteiger partial charge in [0.2, 0.25) is 0 Å². The minimum atomic E-state index is -0.659. The largest absolute Gasteiger partial charge is 0.459 e. The van der Waals surface area contributed by atoms with Crippen LogP contribution in [0.5, 0.6) is 0 Å². The minimum Gasteiger partial charge on any atom is -0.459 e. The minimum absolute atomic E-state index is 0.145. The number of rotatable bonds is 6. The summed E-state index contributed by atoms with van der Waals surface area (Å²) >= 11 is 6.07. The van der Waals surface area contributed by atoms with Crippen LogP contribution in [0, 0.1) is 0 Å². The summed E-state index contributed by atoms with van der Waals surface area (Å²) in [5.41, 5.74) is 1.03. The van der Waals surface area contributed by atoms with Crippen LogP contribution in [0.4, 0.5) is 16.2 Å². The van der Waals surface area contributed by atoms with Gasteiger partial charge in [-0.15, -0.1) is 0 Å². The van der Waals surface area contributed by atoms with Crippen molar-refractivity contribution in [2.24, 2.45) is 0 Å². The topological polar surface area (TPSA) is 93.7 Å². The number of anilines is 2. The first kappa shape index (κ1) is 21.2. The predicted molar refractivity (Wildman–Crippen MR) is 107 cm³/mol. The van der Waals surface area contributed by atoms with Crippen molar-refractivity contribution >= 4 is 40.9 Å². The zero-order valence-corrected chi connectivity index (χ0v) is 16.5. The van der Waals surface area contributed by atoms with Gasteiger partial charge in [0.1, 0.15) is 0 Å². The third-order valence-electron chi connectivity index (χ3n) is 3.47. The standard InChI is InChI=1S/C20H21ClN2O5/c1-4-27-20(26)23-17-8-6-5-7-14(17)18(24)22-13-9-10-16(21)15(11-13)19(25)28-12(2)3/h5-12H,4H2,1-3H3,(H,22,24)(H,23,26). The number of hydrogen-bond donors (Lipinski definition) is 2. The molecule has 2 rings (SSSR count). The maximum Gasteiger partial charge on any atom is 0.411 e. The van der Waals surface area contributed by atoms with Crippen LogP contribution in [-0.2, 0) is 9.47 Å². The quantitative estimate of drug-likeness (QED) is 0.679. The smallest absolute Gasteiger partial charge is 0.411 e. The number of ether oxygens (including phenoxy) is 2. The summed E-state index contributed by atoms with van der Waals surface area (Å²) in [5.74, 6) is -1.06. The maximum absolute atomic E-state index is 12.7. The normalized spacial score (nSPS) is 10.3. The van der Waals surface area contributed by atoms with Crippen LogP contribution in [0.15, 0.2) is 42.5 Å². The molecule has 2 aromatic carbocycles. The van der Waals surface area contributed by atoms with Gasteiger partial charge >= 0.3 is 12.1 Å². The van der Waals surface area contributed by atoms with Gasteiger partial charge in [0.25, 0.3) is 5.91 Å². The van der Waals surface area contributed by atoms with Crippen LogP contribution in [0.3, 0.4) is 0 Å². The Morgan fingerprint density at radius 1 is 1.04 bits per heavy atom. The summed E-state index contributed by atoms with van der Waals surface area (Å²) in [6, 6.07) is 11.0. The van der Waals surface area contributed by atoms with Gasteiger partial charge in [0, 0.05) is 5.69 Å². The van der Waals surface area contributed by atoms with Crippen molar-refractivity contribution < 1.29 is 23.9 Å². The molecule has 28 heavy (non-hydrogen) atoms. The molecule has 2 N–H and O–H groups in total. The molecule has 0 atom stereocenters. The van der Waals surface area contributed by atoms with Crippen molar-refractivity contribution in [2.45, 2.75) is 26.9 Å². The zero-order valence-electron chi connectivity index (χ0n) is 15.7. The van der Waals surface area contributed by atoms with Gasteiger partial charge in [0.15, 0.2) is 0 Å². The van der Waals surface area contributed by atoms with Crippen LogP contribution >= 0.6 is 11.6 Å². The Morgan fingerprint density at radius 3 is 2.43 bits per heavy atom. The second kappa shape index (κ2) is 9.75. The van der Waals surface area contributed by atoms with Crippen molar-refractivity contribution in [1.29, 1.82) is 0 Å². The number of carbonyl (C=O) groups is 3. The van der Waals surface area contributed by atoms with Crippen molar-refractivity contribution in [1.82, 2.24) is 0 Å². The summed E-state index contributed by atoms with van der Waals surface area (Å²) in [6.45, 7) is 5.34. The lowest BCUT2D eigenvalue weighted by Crippen LogP contribution is -2.19. The molecule has 0 saturated carbocycles. The van der Waals surface area contributed by atoms with E-state index in [0.717, 1.165) is 0 Å². The number of benzene rings is 2. The highest BCUT2D eigenvalue weighted by Gasteiger charge is 2.17. The molecule has 0 aromatic heterocycles. The molecular weight excluding hydrogens is 384 g/mol. The molecule has 7 nitrogen and oxygen atoms in total. The van der Waals surface area contributed by atoms with Crippen molar-refractivity contribution in [2.75, 3.05) is 17.2 Å². The molecule has 148 valence electrons. The van der Waals surface area contributed by atoms with Crippen LogP contribution in [-0.4, -0.2) is 30.7 Å². The molecule has 0 saturated heterocycles. The van der Waals surface area contributed by atoms with E-state index in [2.05, 4.69) is 10.6 Å². The molecule has 0 unspecified atom stereocenters. The molecule has 2 aromatic rings. The Kier molecular flexibility index (Phi) is 7.40. The van der Waals surface area contributed by atoms with E-state index in [4.69, 9.17) is 21.1 Å². The molecule has 0 heterocycles. The summed E-state index contributed by atoms with van der Waals surface area (Å²) < 4.78 is 9.99. The summed E-state index contributed by atoms with van der Waals surface area (Å²) in [6.07, 6.45) is -0.962. The molecule has 0 aliphatic heterocycles. The Labute approximate surface area is 168 Å². The van der Waals surface area contributed by atoms with Gasteiger partial charge in [-0.1, -0.05) is 23.7 Å². The first-order valence-corrected chi connectivity index (χ1v) is 9.04. The molecular formula is C20H21ClN2O5. The molecule has 0 bridgehead atoms. The summed E-state index contributed by atoms with van der Waals surface area (Å²) in [7, 11) is 0. The highest BCUT2D eigenvalue weighted by atomic mass is 35.5. The summed E-state index contributed by atoms with van der Waals surface area (Å²) in [5, 5.41) is 5.42. The second-order valence-corrected chi connectivity index (χ2v) is 6.40. The van der Waals surface area contributed by atoms with Gasteiger partial charge in [-0.25, -0.2) is 9.59 Å². The number of hydrogen-bond acceptors (Lipinski definition) is 5. The molecule has 0 radical (unpaired) electrons. The predicted octanol–water partition coefficient (Wildman–Crippen LogP) is 4.73. The van der Waals surface area contributed by atoms with E-state index in [9.17, 15) is 14.4 Å². The number of carbonyl (C=O) groups excluding carboxylic acids is 3. The molecule has 0 fully saturated rings. The first-order chi connectivity index (χ1) is 13.3. The second-order valence-electron chi connectivity index (χ2n) is 5.99. The average molecular weight is 405 g/mol. The lowest BCUT2D eigenvalue weighted by Gasteiger charge is -2.13. The Morgan fingerprint density at radius 2 is 1.75 bits per heavy atom. The van der Waals surface area contributed by atoms with Crippen LogP contribution in [0.2, 0.25) is 5.02 Å². The first-order valence-electron chi connectivity index (χ1n) is 8.66. The van der Waals surface area contributed by atoms with E-state index in [1.165, 1.54) is 12.1 Å². The lowest BCUT2D eigenvalue weighted by atomic mass is 10.1. The van der Waals surface area contributed by atoms with E-state index in [0.29, 0.717) is 11.4 Å². The van der Waals surface area contributed by atoms with E-state index in [1.54, 1.807) is 51.1 Å². The molecule has 2 amide bonds. The lowest BCUT2D eigenvalue weighted by molar-refractivity contribution is 0.0378. The van der Waals surface area contributed by atoms with Gasteiger partial charge in [-0.2, -0.15) is 0 Å². The zero-order chi connectivity index (χ0) is 20.7. The van der Waals surface area contributed by atoms with Gasteiger partial charge in [0.05, 0.1) is 34.5 Å². The monoisotopic (exact) mass is 404 g/mol. The number of amides is 2. The van der Waals surface area contributed by atoms with E-state index in [1.807, 2.05) is 0 Å². The fourth-order valence-electron chi connectivity index (χ4n) is 2.30. The number of esters is 1. The summed E-state index contributed by atoms with van der Waals surface area (Å²) in [4.78, 5) is 36.5. The van der Waals surface area contributed by atoms with Crippen LogP contribution in [0.25, 0.3) is 0 Å². The molecule has 0 aliphatic carbocycles. The number of para-hydroxylation sites is 1. The average Bonchev–Trinajstić information content (AvgIpc) is 2.63. The van der Waals surface area contributed by atoms with E-state index in [-0.39, 0.29) is 28.9 Å². The van der Waals surface area contributed by atoms with Gasteiger partial charge in [-0.3, -0.25) is 10.1 Å². The van der Waals surface area contributed by atoms with Crippen LogP contribution < -0.4 is 10.6 Å². The maximum atomic E-state index is 12.7. The van der Waals surface area contributed by atoms with Gasteiger partial charge in [-0.05, 0) is 51.1 Å². The van der Waals surface area contributed by atoms with E-state index >= 15 is 0 Å².